The van der Waals surface area contributed by atoms with Gasteiger partial charge in [0.15, 0.2) is 5.65 Å². The molecule has 3 aromatic heterocycles. The van der Waals surface area contributed by atoms with Gasteiger partial charge in [-0.25, -0.2) is 14.6 Å². The predicted octanol–water partition coefficient (Wildman–Crippen LogP) is 5.67. The fourth-order valence-corrected chi connectivity index (χ4v) is 6.29. The van der Waals surface area contributed by atoms with Crippen LogP contribution in [0.3, 0.4) is 0 Å². The Morgan fingerprint density at radius 1 is 0.939 bits per heavy atom. The molecule has 4 heterocycles. The first-order chi connectivity index (χ1) is 23.9. The molecule has 0 radical (unpaired) electrons. The van der Waals surface area contributed by atoms with Gasteiger partial charge in [0.2, 0.25) is 0 Å². The van der Waals surface area contributed by atoms with Crippen LogP contribution in [-0.2, 0) is 37.4 Å². The van der Waals surface area contributed by atoms with Crippen LogP contribution in [0.15, 0.2) is 66.9 Å². The van der Waals surface area contributed by atoms with E-state index >= 15 is 0 Å². The highest BCUT2D eigenvalue weighted by Gasteiger charge is 2.22. The Balaban J connectivity index is 1.16. The number of carbonyl (C=O) groups excluding carboxylic acids is 2. The molecule has 2 amide bonds. The van der Waals surface area contributed by atoms with Crippen molar-refractivity contribution < 1.29 is 19.4 Å². The maximum Gasteiger partial charge on any atom is 0.270 e. The highest BCUT2D eigenvalue weighted by molar-refractivity contribution is 6.33. The number of ether oxygens (including phenoxy) is 1. The van der Waals surface area contributed by atoms with Crippen LogP contribution in [-0.4, -0.2) is 55.9 Å². The molecule has 254 valence electrons. The van der Waals surface area contributed by atoms with Gasteiger partial charge in [-0.1, -0.05) is 48.9 Å². The second kappa shape index (κ2) is 15.6. The van der Waals surface area contributed by atoms with E-state index in [-0.39, 0.29) is 37.1 Å². The number of hydrogen-bond acceptors (Lipinski definition) is 8. The molecule has 0 spiro atoms. The first kappa shape index (κ1) is 34.0. The van der Waals surface area contributed by atoms with Crippen molar-refractivity contribution in [3.05, 3.63) is 106 Å². The number of aromatic nitrogens is 4. The van der Waals surface area contributed by atoms with Gasteiger partial charge in [0.05, 0.1) is 23.9 Å². The molecule has 0 unspecified atom stereocenters. The summed E-state index contributed by atoms with van der Waals surface area (Å²) in [6, 6.07) is 18.1. The minimum Gasteiger partial charge on any atom is -0.392 e. The fourth-order valence-electron chi connectivity index (χ4n) is 6.06. The lowest BCUT2D eigenvalue weighted by Crippen LogP contribution is -2.30. The molecule has 1 fully saturated rings. The summed E-state index contributed by atoms with van der Waals surface area (Å²) in [7, 11) is 0. The maximum atomic E-state index is 13.4. The van der Waals surface area contributed by atoms with Gasteiger partial charge in [-0.3, -0.25) is 9.59 Å². The smallest absolute Gasteiger partial charge is 0.270 e. The minimum atomic E-state index is -0.410. The van der Waals surface area contributed by atoms with E-state index in [4.69, 9.17) is 21.3 Å². The normalized spacial score (nSPS) is 13.4. The van der Waals surface area contributed by atoms with Gasteiger partial charge in [-0.05, 0) is 73.2 Å². The van der Waals surface area contributed by atoms with Crippen LogP contribution < -0.4 is 16.0 Å². The van der Waals surface area contributed by atoms with Crippen LogP contribution in [0.25, 0.3) is 22.2 Å². The fraction of sp³-hybridized carbons (Fsp3) is 0.324. The number of rotatable bonds is 12. The number of benzene rings is 2. The Morgan fingerprint density at radius 2 is 1.67 bits per heavy atom. The molecular weight excluding hydrogens is 642 g/mol. The molecule has 4 N–H and O–H groups in total. The summed E-state index contributed by atoms with van der Waals surface area (Å²) in [5, 5.41) is 25.2. The molecule has 12 heteroatoms. The zero-order valence-corrected chi connectivity index (χ0v) is 28.4. The number of amides is 2. The summed E-state index contributed by atoms with van der Waals surface area (Å²) in [5.41, 5.74) is 7.08. The van der Waals surface area contributed by atoms with Crippen LogP contribution in [0.4, 0.5) is 5.69 Å². The first-order valence-corrected chi connectivity index (χ1v) is 17.0. The second-order valence-corrected chi connectivity index (χ2v) is 12.3. The van der Waals surface area contributed by atoms with E-state index in [0.29, 0.717) is 31.2 Å². The third-order valence-corrected chi connectivity index (χ3v) is 9.05. The number of carbonyl (C=O) groups is 2. The molecule has 1 aliphatic rings. The van der Waals surface area contributed by atoms with E-state index in [1.807, 2.05) is 61.1 Å². The minimum absolute atomic E-state index is 0.0711. The summed E-state index contributed by atoms with van der Waals surface area (Å²) >= 11 is 6.49. The van der Waals surface area contributed by atoms with Crippen molar-refractivity contribution in [3.63, 3.8) is 0 Å². The van der Waals surface area contributed by atoms with E-state index < -0.39 is 11.8 Å². The van der Waals surface area contributed by atoms with Gasteiger partial charge in [0.1, 0.15) is 11.4 Å². The van der Waals surface area contributed by atoms with Crippen LogP contribution >= 0.6 is 11.6 Å². The van der Waals surface area contributed by atoms with Crippen molar-refractivity contribution in [1.29, 1.82) is 0 Å². The molecule has 0 saturated carbocycles. The molecule has 0 bridgehead atoms. The molecular formula is C37H40ClN7O4. The number of fused-ring (bicyclic) bond motifs is 1. The Labute approximate surface area is 290 Å². The van der Waals surface area contributed by atoms with Crippen molar-refractivity contribution in [2.75, 3.05) is 18.5 Å². The van der Waals surface area contributed by atoms with Crippen molar-refractivity contribution in [1.82, 2.24) is 30.4 Å². The molecule has 11 nitrogen and oxygen atoms in total. The number of aliphatic hydroxyl groups is 1. The van der Waals surface area contributed by atoms with Crippen molar-refractivity contribution in [2.45, 2.75) is 65.4 Å². The number of halogens is 1. The Bertz CT molecular complexity index is 1970. The highest BCUT2D eigenvalue weighted by atomic mass is 35.5. The van der Waals surface area contributed by atoms with Crippen molar-refractivity contribution >= 4 is 40.1 Å². The summed E-state index contributed by atoms with van der Waals surface area (Å²) < 4.78 is 7.46. The zero-order valence-electron chi connectivity index (χ0n) is 27.6. The average molecular weight is 682 g/mol. The number of hydrogen-bond donors (Lipinski definition) is 4. The molecule has 5 aromatic rings. The van der Waals surface area contributed by atoms with Gasteiger partial charge < -0.3 is 25.8 Å². The maximum absolute atomic E-state index is 13.4. The summed E-state index contributed by atoms with van der Waals surface area (Å²) in [5.74, 6) is -0.808. The van der Waals surface area contributed by atoms with Gasteiger partial charge >= 0.3 is 0 Å². The van der Waals surface area contributed by atoms with Crippen molar-refractivity contribution in [2.24, 2.45) is 0 Å². The van der Waals surface area contributed by atoms with E-state index in [1.54, 1.807) is 24.3 Å². The molecule has 1 saturated heterocycles. The van der Waals surface area contributed by atoms with Gasteiger partial charge in [0.25, 0.3) is 11.8 Å². The highest BCUT2D eigenvalue weighted by Crippen LogP contribution is 2.32. The molecule has 0 atom stereocenters. The SMILES string of the molecule is CCc1nc2c(cnn2CC)c(NC2CCOCC2)c1CNC(=O)c1cccc(C(=O)NCc2ccc(Cl)c(-c3cccc(CO)c3)c2)n1. The van der Waals surface area contributed by atoms with E-state index in [9.17, 15) is 14.7 Å². The Kier molecular flexibility index (Phi) is 10.8. The zero-order chi connectivity index (χ0) is 34.3. The van der Waals surface area contributed by atoms with Gasteiger partial charge in [0, 0.05) is 60.7 Å². The quantitative estimate of drug-likeness (QED) is 0.132. The summed E-state index contributed by atoms with van der Waals surface area (Å²) in [6.45, 7) is 6.56. The van der Waals surface area contributed by atoms with E-state index in [1.165, 1.54) is 0 Å². The number of aliphatic hydroxyl groups excluding tert-OH is 1. The summed E-state index contributed by atoms with van der Waals surface area (Å²) in [6.07, 6.45) is 4.28. The third kappa shape index (κ3) is 7.75. The molecule has 1 aliphatic heterocycles. The first-order valence-electron chi connectivity index (χ1n) is 16.6. The van der Waals surface area contributed by atoms with Crippen LogP contribution in [0, 0.1) is 0 Å². The lowest BCUT2D eigenvalue weighted by atomic mass is 10.0. The van der Waals surface area contributed by atoms with E-state index in [0.717, 1.165) is 63.1 Å². The number of anilines is 1. The monoisotopic (exact) mass is 681 g/mol. The summed E-state index contributed by atoms with van der Waals surface area (Å²) in [4.78, 5) is 35.9. The largest absolute Gasteiger partial charge is 0.392 e. The van der Waals surface area contributed by atoms with Crippen LogP contribution in [0.5, 0.6) is 0 Å². The topological polar surface area (TPSA) is 143 Å². The standard InChI is InChI=1S/C37H40ClN7O4/c1-3-31-28(34(42-26-13-15-49-16-14-26)29-21-41-45(4-2)35(29)44-31)20-40-37(48)33-10-6-9-32(43-33)36(47)39-19-23-11-12-30(38)27(18-23)25-8-5-7-24(17-25)22-46/h5-12,17-18,21,26,46H,3-4,13-16,19-20,22H2,1-2H3,(H,39,47)(H,40,48)(H,42,44). The van der Waals surface area contributed by atoms with Crippen LogP contribution in [0.2, 0.25) is 5.02 Å². The molecule has 49 heavy (non-hydrogen) atoms. The van der Waals surface area contributed by atoms with E-state index in [2.05, 4.69) is 26.0 Å². The average Bonchev–Trinajstić information content (AvgIpc) is 3.57. The third-order valence-electron chi connectivity index (χ3n) is 8.72. The van der Waals surface area contributed by atoms with Crippen molar-refractivity contribution in [3.8, 4) is 11.1 Å². The Morgan fingerprint density at radius 3 is 2.39 bits per heavy atom. The lowest BCUT2D eigenvalue weighted by Gasteiger charge is -2.26. The second-order valence-electron chi connectivity index (χ2n) is 11.9. The van der Waals surface area contributed by atoms with Crippen LogP contribution in [0.1, 0.15) is 70.1 Å². The molecule has 6 rings (SSSR count). The lowest BCUT2D eigenvalue weighted by molar-refractivity contribution is 0.0904. The number of aryl methyl sites for hydroxylation is 2. The number of nitrogens with zero attached hydrogens (tertiary/aromatic N) is 4. The Hall–Kier alpha value is -4.84. The molecule has 2 aromatic carbocycles. The number of pyridine rings is 2. The van der Waals surface area contributed by atoms with Gasteiger partial charge in [-0.15, -0.1) is 0 Å². The predicted molar refractivity (Wildman–Crippen MR) is 189 cm³/mol. The molecule has 0 aliphatic carbocycles. The number of nitrogens with one attached hydrogen (secondary N) is 3. The van der Waals surface area contributed by atoms with Gasteiger partial charge in [-0.2, -0.15) is 5.10 Å².